The maximum atomic E-state index is 13.0. The monoisotopic (exact) mass is 402 g/mol. The molecule has 1 atom stereocenters. The maximum absolute atomic E-state index is 13.0. The molecule has 30 heavy (non-hydrogen) atoms. The predicted octanol–water partition coefficient (Wildman–Crippen LogP) is 4.01. The summed E-state index contributed by atoms with van der Waals surface area (Å²) in [5.74, 6) is 0.932. The van der Waals surface area contributed by atoms with Gasteiger partial charge in [0.15, 0.2) is 5.82 Å². The van der Waals surface area contributed by atoms with Crippen molar-refractivity contribution in [1.29, 1.82) is 0 Å². The molecule has 1 amide bonds. The lowest BCUT2D eigenvalue weighted by Crippen LogP contribution is -2.33. The first-order valence-electron chi connectivity index (χ1n) is 9.74. The highest BCUT2D eigenvalue weighted by atomic mass is 16.3. The number of aromatic amines is 1. The van der Waals surface area contributed by atoms with E-state index in [2.05, 4.69) is 20.3 Å². The number of nitrogens with one attached hydrogen (secondary N) is 2. The first-order chi connectivity index (χ1) is 14.4. The second-order valence-corrected chi connectivity index (χ2v) is 7.54. The number of aryl methyl sites for hydroxylation is 1. The Hall–Kier alpha value is -3.74. The fraction of sp³-hybridized carbons (Fsp3) is 0.217. The van der Waals surface area contributed by atoms with E-state index in [-0.39, 0.29) is 17.4 Å². The van der Waals surface area contributed by atoms with Crippen LogP contribution in [-0.4, -0.2) is 20.9 Å². The molecule has 0 spiro atoms. The average Bonchev–Trinajstić information content (AvgIpc) is 3.11. The smallest absolute Gasteiger partial charge is 0.251 e. The van der Waals surface area contributed by atoms with E-state index < -0.39 is 6.04 Å². The van der Waals surface area contributed by atoms with E-state index in [1.54, 1.807) is 36.5 Å². The van der Waals surface area contributed by atoms with Crippen LogP contribution in [0.2, 0.25) is 0 Å². The molecule has 0 fully saturated rings. The van der Waals surface area contributed by atoms with E-state index in [0.29, 0.717) is 22.8 Å². The van der Waals surface area contributed by atoms with Crippen molar-refractivity contribution in [3.8, 4) is 11.5 Å². The Kier molecular flexibility index (Phi) is 5.18. The minimum Gasteiger partial charge on any atom is -0.461 e. The molecule has 7 heteroatoms. The molecule has 152 valence electrons. The van der Waals surface area contributed by atoms with E-state index in [9.17, 15) is 9.59 Å². The van der Waals surface area contributed by atoms with Crippen molar-refractivity contribution >= 4 is 16.9 Å². The molecule has 0 aliphatic heterocycles. The van der Waals surface area contributed by atoms with Gasteiger partial charge in [-0.15, -0.1) is 0 Å². The van der Waals surface area contributed by atoms with E-state index >= 15 is 0 Å². The fourth-order valence-electron chi connectivity index (χ4n) is 3.38. The lowest BCUT2D eigenvalue weighted by Gasteiger charge is -2.22. The zero-order chi connectivity index (χ0) is 21.3. The van der Waals surface area contributed by atoms with Crippen molar-refractivity contribution in [2.24, 2.45) is 5.92 Å². The zero-order valence-electron chi connectivity index (χ0n) is 17.0. The topological polar surface area (TPSA) is 101 Å². The first-order valence-corrected chi connectivity index (χ1v) is 9.74. The molecule has 0 aliphatic carbocycles. The molecule has 0 saturated heterocycles. The van der Waals surface area contributed by atoms with Crippen LogP contribution in [0.25, 0.3) is 22.5 Å². The summed E-state index contributed by atoms with van der Waals surface area (Å²) < 4.78 is 5.57. The predicted molar refractivity (Wildman–Crippen MR) is 114 cm³/mol. The Labute approximate surface area is 173 Å². The van der Waals surface area contributed by atoms with Crippen LogP contribution in [0, 0.1) is 12.8 Å². The molecule has 0 bridgehead atoms. The molecular formula is C23H22N4O3. The van der Waals surface area contributed by atoms with Crippen LogP contribution in [0.5, 0.6) is 0 Å². The molecule has 0 aliphatic rings. The maximum Gasteiger partial charge on any atom is 0.251 e. The van der Waals surface area contributed by atoms with E-state index in [0.717, 1.165) is 16.7 Å². The van der Waals surface area contributed by atoms with Crippen molar-refractivity contribution in [2.75, 3.05) is 0 Å². The number of aromatic nitrogens is 3. The second kappa shape index (κ2) is 7.94. The van der Waals surface area contributed by atoms with E-state index in [4.69, 9.17) is 4.42 Å². The highest BCUT2D eigenvalue weighted by Crippen LogP contribution is 2.23. The lowest BCUT2D eigenvalue weighted by atomic mass is 9.99. The summed E-state index contributed by atoms with van der Waals surface area (Å²) >= 11 is 0. The summed E-state index contributed by atoms with van der Waals surface area (Å²) in [5.41, 5.74) is 2.01. The summed E-state index contributed by atoms with van der Waals surface area (Å²) in [4.78, 5) is 36.8. The number of benzene rings is 1. The van der Waals surface area contributed by atoms with E-state index in [1.165, 1.54) is 6.07 Å². The number of amides is 1. The van der Waals surface area contributed by atoms with Gasteiger partial charge in [0.2, 0.25) is 0 Å². The second-order valence-electron chi connectivity index (χ2n) is 7.54. The molecule has 1 unspecified atom stereocenters. The molecule has 3 heterocycles. The van der Waals surface area contributed by atoms with Crippen LogP contribution in [0.1, 0.15) is 41.7 Å². The Balaban J connectivity index is 1.66. The van der Waals surface area contributed by atoms with Crippen molar-refractivity contribution in [3.05, 3.63) is 82.1 Å². The fourth-order valence-corrected chi connectivity index (χ4v) is 3.38. The Morgan fingerprint density at radius 2 is 1.97 bits per heavy atom. The van der Waals surface area contributed by atoms with Crippen LogP contribution in [0.4, 0.5) is 0 Å². The van der Waals surface area contributed by atoms with Crippen LogP contribution in [-0.2, 0) is 0 Å². The number of rotatable bonds is 5. The minimum atomic E-state index is -0.441. The molecule has 2 N–H and O–H groups in total. The summed E-state index contributed by atoms with van der Waals surface area (Å²) in [5, 5.41) is 3.89. The normalized spacial score (nSPS) is 12.3. The number of pyridine rings is 1. The van der Waals surface area contributed by atoms with Gasteiger partial charge in [-0.1, -0.05) is 19.9 Å². The summed E-state index contributed by atoms with van der Waals surface area (Å²) in [6.45, 7) is 5.81. The third-order valence-electron chi connectivity index (χ3n) is 4.84. The van der Waals surface area contributed by atoms with Gasteiger partial charge in [0, 0.05) is 23.2 Å². The largest absolute Gasteiger partial charge is 0.461 e. The molecule has 0 saturated carbocycles. The number of nitrogens with zero attached hydrogens (tertiary/aromatic N) is 2. The standard InChI is InChI=1S/C23H22N4O3/c1-13(2)21(18-12-20(28)26-22(25-18)17-6-4-5-9-24-17)27-23(29)15-7-8-19-16(11-15)10-14(3)30-19/h4-13,21H,1-3H3,(H,27,29)(H,25,26,28). The van der Waals surface area contributed by atoms with E-state index in [1.807, 2.05) is 32.9 Å². The quantitative estimate of drug-likeness (QED) is 0.525. The summed E-state index contributed by atoms with van der Waals surface area (Å²) in [6.07, 6.45) is 1.64. The number of furan rings is 1. The number of hydrogen-bond acceptors (Lipinski definition) is 5. The third-order valence-corrected chi connectivity index (χ3v) is 4.84. The van der Waals surface area contributed by atoms with Gasteiger partial charge in [0.1, 0.15) is 17.0 Å². The zero-order valence-corrected chi connectivity index (χ0v) is 17.0. The molecule has 3 aromatic heterocycles. The highest BCUT2D eigenvalue weighted by molar-refractivity contribution is 5.98. The van der Waals surface area contributed by atoms with Gasteiger partial charge in [0.05, 0.1) is 11.7 Å². The molecule has 4 rings (SSSR count). The first kappa shape index (κ1) is 19.6. The van der Waals surface area contributed by atoms with Gasteiger partial charge < -0.3 is 14.7 Å². The van der Waals surface area contributed by atoms with Crippen molar-refractivity contribution < 1.29 is 9.21 Å². The molecule has 0 radical (unpaired) electrons. The number of fused-ring (bicyclic) bond motifs is 1. The van der Waals surface area contributed by atoms with Gasteiger partial charge in [-0.25, -0.2) is 4.98 Å². The van der Waals surface area contributed by atoms with Crippen molar-refractivity contribution in [2.45, 2.75) is 26.8 Å². The third kappa shape index (κ3) is 4.00. The Morgan fingerprint density at radius 1 is 1.13 bits per heavy atom. The van der Waals surface area contributed by atoms with Crippen molar-refractivity contribution in [3.63, 3.8) is 0 Å². The summed E-state index contributed by atoms with van der Waals surface area (Å²) in [6, 6.07) is 13.6. The Bertz CT molecular complexity index is 1260. The van der Waals surface area contributed by atoms with Gasteiger partial charge in [-0.2, -0.15) is 0 Å². The molecule has 4 aromatic rings. The number of hydrogen-bond donors (Lipinski definition) is 2. The Morgan fingerprint density at radius 3 is 2.70 bits per heavy atom. The molecule has 7 nitrogen and oxygen atoms in total. The van der Waals surface area contributed by atoms with Crippen LogP contribution >= 0.6 is 0 Å². The molecule has 1 aromatic carbocycles. The van der Waals surface area contributed by atoms with Crippen LogP contribution in [0.3, 0.4) is 0 Å². The summed E-state index contributed by atoms with van der Waals surface area (Å²) in [7, 11) is 0. The SMILES string of the molecule is Cc1cc2cc(C(=O)NC(c3cc(=O)[nH]c(-c4ccccn4)n3)C(C)C)ccc2o1. The highest BCUT2D eigenvalue weighted by Gasteiger charge is 2.22. The van der Waals surface area contributed by atoms with Crippen LogP contribution < -0.4 is 10.9 Å². The number of H-pyrrole nitrogens is 1. The van der Waals surface area contributed by atoms with Gasteiger partial charge in [0.25, 0.3) is 11.5 Å². The van der Waals surface area contributed by atoms with Gasteiger partial charge in [-0.3, -0.25) is 14.6 Å². The number of carbonyl (C=O) groups excluding carboxylic acids is 1. The molecular weight excluding hydrogens is 380 g/mol. The van der Waals surface area contributed by atoms with Gasteiger partial charge in [-0.05, 0) is 49.2 Å². The average molecular weight is 402 g/mol. The minimum absolute atomic E-state index is 0.0136. The lowest BCUT2D eigenvalue weighted by molar-refractivity contribution is 0.0924. The van der Waals surface area contributed by atoms with Crippen molar-refractivity contribution in [1.82, 2.24) is 20.3 Å². The van der Waals surface area contributed by atoms with Crippen LogP contribution in [0.15, 0.2) is 63.9 Å². The number of carbonyl (C=O) groups is 1. The van der Waals surface area contributed by atoms with Gasteiger partial charge >= 0.3 is 0 Å².